The summed E-state index contributed by atoms with van der Waals surface area (Å²) in [7, 11) is -0.570. The van der Waals surface area contributed by atoms with Gasteiger partial charge in [-0.15, -0.1) is 0 Å². The third kappa shape index (κ3) is 3.75. The molecule has 0 saturated carbocycles. The average molecular weight is 348 g/mol. The predicted molar refractivity (Wildman–Crippen MR) is 102 cm³/mol. The van der Waals surface area contributed by atoms with E-state index in [1.54, 1.807) is 6.33 Å². The second-order valence-corrected chi connectivity index (χ2v) is 7.25. The molecule has 2 aromatic rings. The van der Waals surface area contributed by atoms with Crippen LogP contribution in [-0.2, 0) is 15.9 Å². The summed E-state index contributed by atoms with van der Waals surface area (Å²) in [6.45, 7) is 14.8. The number of aromatic nitrogens is 2. The first-order valence-corrected chi connectivity index (χ1v) is 9.25. The summed E-state index contributed by atoms with van der Waals surface area (Å²) in [5.41, 5.74) is 0.992. The maximum atomic E-state index is 14.6. The minimum atomic E-state index is -0.570. The molecule has 0 aliphatic carbocycles. The predicted octanol–water partition coefficient (Wildman–Crippen LogP) is 4.30. The molecule has 0 radical (unpaired) electrons. The Morgan fingerprint density at radius 3 is 2.28 bits per heavy atom. The van der Waals surface area contributed by atoms with Crippen molar-refractivity contribution in [3.63, 3.8) is 0 Å². The fourth-order valence-electron chi connectivity index (χ4n) is 2.79. The molecule has 1 saturated heterocycles. The average Bonchev–Trinajstić information content (AvgIpc) is 3.06. The highest BCUT2D eigenvalue weighted by atomic mass is 19.1. The minimum absolute atomic E-state index is 0.277. The van der Waals surface area contributed by atoms with Gasteiger partial charge in [-0.25, -0.2) is 9.37 Å². The molecule has 0 spiro atoms. The van der Waals surface area contributed by atoms with E-state index in [4.69, 9.17) is 9.31 Å². The van der Waals surface area contributed by atoms with E-state index in [9.17, 15) is 4.39 Å². The molecule has 4 nitrogen and oxygen atoms in total. The molecular weight excluding hydrogens is 318 g/mol. The monoisotopic (exact) mass is 348 g/mol. The number of halogens is 1. The van der Waals surface area contributed by atoms with Crippen LogP contribution in [0.3, 0.4) is 0 Å². The Kier molecular flexibility index (Phi) is 5.95. The normalized spacial score (nSPS) is 18.3. The van der Waals surface area contributed by atoms with E-state index in [-0.39, 0.29) is 5.82 Å². The van der Waals surface area contributed by atoms with Gasteiger partial charge in [0.1, 0.15) is 11.3 Å². The molecule has 0 amide bonds. The third-order valence-corrected chi connectivity index (χ3v) is 4.97. The SMILES string of the molecule is CC.CCCCn1cnc2cc(B3OC(C)(C)C(C)(C)O3)cc(F)c21. The molecule has 2 heterocycles. The van der Waals surface area contributed by atoms with Crippen molar-refractivity contribution in [3.8, 4) is 0 Å². The van der Waals surface area contributed by atoms with Crippen molar-refractivity contribution in [2.45, 2.75) is 79.1 Å². The van der Waals surface area contributed by atoms with Gasteiger partial charge in [0.25, 0.3) is 0 Å². The number of aryl methyl sites for hydroxylation is 1. The van der Waals surface area contributed by atoms with E-state index in [0.29, 0.717) is 16.5 Å². The number of rotatable bonds is 4. The molecule has 1 aliphatic heterocycles. The molecule has 1 aromatic carbocycles. The zero-order chi connectivity index (χ0) is 18.8. The summed E-state index contributed by atoms with van der Waals surface area (Å²) in [6, 6.07) is 3.37. The fraction of sp³-hybridized carbons (Fsp3) is 0.632. The summed E-state index contributed by atoms with van der Waals surface area (Å²) in [4.78, 5) is 4.35. The fourth-order valence-corrected chi connectivity index (χ4v) is 2.79. The molecule has 1 aliphatic rings. The number of hydrogen-bond acceptors (Lipinski definition) is 3. The number of unbranched alkanes of at least 4 members (excludes halogenated alkanes) is 1. The van der Waals surface area contributed by atoms with Gasteiger partial charge in [-0.05, 0) is 51.7 Å². The van der Waals surface area contributed by atoms with E-state index < -0.39 is 18.3 Å². The van der Waals surface area contributed by atoms with Gasteiger partial charge in [0, 0.05) is 6.54 Å². The van der Waals surface area contributed by atoms with Crippen LogP contribution in [0.2, 0.25) is 0 Å². The maximum absolute atomic E-state index is 14.6. The highest BCUT2D eigenvalue weighted by molar-refractivity contribution is 6.62. The lowest BCUT2D eigenvalue weighted by molar-refractivity contribution is 0.00578. The highest BCUT2D eigenvalue weighted by Crippen LogP contribution is 2.36. The zero-order valence-electron chi connectivity index (χ0n) is 16.5. The number of nitrogens with zero attached hydrogens (tertiary/aromatic N) is 2. The Balaban J connectivity index is 0.00000109. The number of benzene rings is 1. The number of fused-ring (bicyclic) bond motifs is 1. The molecule has 0 N–H and O–H groups in total. The van der Waals surface area contributed by atoms with Gasteiger partial charge in [0.05, 0.1) is 23.0 Å². The van der Waals surface area contributed by atoms with Crippen molar-refractivity contribution in [1.29, 1.82) is 0 Å². The molecule has 25 heavy (non-hydrogen) atoms. The Bertz CT molecular complexity index is 712. The minimum Gasteiger partial charge on any atom is -0.399 e. The molecule has 3 rings (SSSR count). The molecule has 0 atom stereocenters. The summed E-state index contributed by atoms with van der Waals surface area (Å²) >= 11 is 0. The van der Waals surface area contributed by atoms with Crippen LogP contribution in [-0.4, -0.2) is 27.9 Å². The first kappa shape index (κ1) is 19.9. The van der Waals surface area contributed by atoms with Gasteiger partial charge in [-0.1, -0.05) is 27.2 Å². The van der Waals surface area contributed by atoms with Crippen LogP contribution in [0.1, 0.15) is 61.3 Å². The van der Waals surface area contributed by atoms with Crippen molar-refractivity contribution in [2.75, 3.05) is 0 Å². The maximum Gasteiger partial charge on any atom is 0.495 e. The summed E-state index contributed by atoms with van der Waals surface area (Å²) in [5, 5.41) is 0. The smallest absolute Gasteiger partial charge is 0.399 e. The van der Waals surface area contributed by atoms with Crippen LogP contribution < -0.4 is 5.46 Å². The van der Waals surface area contributed by atoms with E-state index in [1.807, 2.05) is 52.2 Å². The van der Waals surface area contributed by atoms with Gasteiger partial charge in [-0.3, -0.25) is 0 Å². The molecule has 1 aromatic heterocycles. The molecule has 0 bridgehead atoms. The van der Waals surface area contributed by atoms with Crippen LogP contribution in [0.4, 0.5) is 4.39 Å². The van der Waals surface area contributed by atoms with Crippen molar-refractivity contribution in [3.05, 3.63) is 24.3 Å². The van der Waals surface area contributed by atoms with Crippen molar-refractivity contribution < 1.29 is 13.7 Å². The topological polar surface area (TPSA) is 36.3 Å². The van der Waals surface area contributed by atoms with Crippen LogP contribution >= 0.6 is 0 Å². The summed E-state index contributed by atoms with van der Waals surface area (Å²) in [6.07, 6.45) is 3.77. The molecule has 1 fully saturated rings. The Labute approximate surface area is 150 Å². The van der Waals surface area contributed by atoms with E-state index in [0.717, 1.165) is 19.4 Å². The molecule has 138 valence electrons. The molecule has 6 heteroatoms. The van der Waals surface area contributed by atoms with Gasteiger partial charge >= 0.3 is 7.12 Å². The lowest BCUT2D eigenvalue weighted by atomic mass is 9.79. The van der Waals surface area contributed by atoms with Gasteiger partial charge in [0.15, 0.2) is 0 Å². The van der Waals surface area contributed by atoms with E-state index in [1.165, 1.54) is 6.07 Å². The first-order valence-electron chi connectivity index (χ1n) is 9.25. The van der Waals surface area contributed by atoms with Gasteiger partial charge in [0.2, 0.25) is 0 Å². The summed E-state index contributed by atoms with van der Waals surface area (Å²) in [5.74, 6) is -0.277. The van der Waals surface area contributed by atoms with Crippen LogP contribution in [0.5, 0.6) is 0 Å². The lowest BCUT2D eigenvalue weighted by Gasteiger charge is -2.32. The number of imidazole rings is 1. The van der Waals surface area contributed by atoms with Gasteiger partial charge < -0.3 is 13.9 Å². The van der Waals surface area contributed by atoms with Crippen molar-refractivity contribution >= 4 is 23.6 Å². The molecular formula is C19H30BFN2O2. The first-order chi connectivity index (χ1) is 11.7. The zero-order valence-corrected chi connectivity index (χ0v) is 16.5. The molecule has 0 unspecified atom stereocenters. The van der Waals surface area contributed by atoms with Crippen molar-refractivity contribution in [1.82, 2.24) is 9.55 Å². The highest BCUT2D eigenvalue weighted by Gasteiger charge is 2.51. The standard InChI is InChI=1S/C17H24BFN2O2.C2H6/c1-6-7-8-21-11-20-14-10-12(9-13(19)15(14)21)18-22-16(2,3)17(4,5)23-18;1-2/h9-11H,6-8H2,1-5H3;1-2H3. The second-order valence-electron chi connectivity index (χ2n) is 7.25. The van der Waals surface area contributed by atoms with E-state index >= 15 is 0 Å². The third-order valence-electron chi connectivity index (χ3n) is 4.97. The second kappa shape index (κ2) is 7.46. The largest absolute Gasteiger partial charge is 0.495 e. The quantitative estimate of drug-likeness (QED) is 0.773. The lowest BCUT2D eigenvalue weighted by Crippen LogP contribution is -2.41. The van der Waals surface area contributed by atoms with Crippen LogP contribution in [0.25, 0.3) is 11.0 Å². The van der Waals surface area contributed by atoms with E-state index in [2.05, 4.69) is 11.9 Å². The Morgan fingerprint density at radius 2 is 1.72 bits per heavy atom. The van der Waals surface area contributed by atoms with Crippen LogP contribution in [0.15, 0.2) is 18.5 Å². The van der Waals surface area contributed by atoms with Crippen molar-refractivity contribution in [2.24, 2.45) is 0 Å². The van der Waals surface area contributed by atoms with Crippen LogP contribution in [0, 0.1) is 5.82 Å². The van der Waals surface area contributed by atoms with Gasteiger partial charge in [-0.2, -0.15) is 0 Å². The Morgan fingerprint density at radius 1 is 1.12 bits per heavy atom. The Hall–Kier alpha value is -1.40. The summed E-state index contributed by atoms with van der Waals surface area (Å²) < 4.78 is 28.5. The number of hydrogen-bond donors (Lipinski definition) is 0.